The van der Waals surface area contributed by atoms with E-state index in [0.29, 0.717) is 17.9 Å². The molecule has 4 rings (SSSR count). The first-order chi connectivity index (χ1) is 10.6. The summed E-state index contributed by atoms with van der Waals surface area (Å²) in [6.45, 7) is 5.41. The average molecular weight is 299 g/mol. The minimum Gasteiger partial charge on any atom is -0.374 e. The molecule has 2 heterocycles. The third-order valence-electron chi connectivity index (χ3n) is 6.15. The number of fused-ring (bicyclic) bond motifs is 2. The monoisotopic (exact) mass is 299 g/mol. The average Bonchev–Trinajstić information content (AvgIpc) is 2.92. The summed E-state index contributed by atoms with van der Waals surface area (Å²) in [5, 5.41) is 3.21. The van der Waals surface area contributed by atoms with E-state index in [1.54, 1.807) is 0 Å². The molecule has 1 aromatic rings. The van der Waals surface area contributed by atoms with Gasteiger partial charge in [0.2, 0.25) is 5.91 Å². The van der Waals surface area contributed by atoms with Gasteiger partial charge in [-0.05, 0) is 42.1 Å². The quantitative estimate of drug-likeness (QED) is 0.927. The molecule has 3 fully saturated rings. The molecule has 0 aromatic heterocycles. The molecule has 3 nitrogen and oxygen atoms in total. The number of carbonyl (C=O) groups excluding carboxylic acids is 1. The summed E-state index contributed by atoms with van der Waals surface area (Å²) in [5.41, 5.74) is 1.68. The molecule has 2 bridgehead atoms. The van der Waals surface area contributed by atoms with Crippen molar-refractivity contribution in [3.05, 3.63) is 35.9 Å². The summed E-state index contributed by atoms with van der Waals surface area (Å²) in [6.07, 6.45) is 3.65. The lowest BCUT2D eigenvalue weighted by Gasteiger charge is -2.18. The highest BCUT2D eigenvalue weighted by Gasteiger charge is 2.58. The van der Waals surface area contributed by atoms with Gasteiger partial charge in [0.1, 0.15) is 0 Å². The Hall–Kier alpha value is -1.35. The number of benzene rings is 1. The van der Waals surface area contributed by atoms with E-state index in [1.165, 1.54) is 5.56 Å². The maximum atomic E-state index is 12.4. The van der Waals surface area contributed by atoms with Gasteiger partial charge in [0.25, 0.3) is 0 Å². The molecule has 118 valence electrons. The van der Waals surface area contributed by atoms with E-state index in [1.807, 2.05) is 0 Å². The standard InChI is InChI=1S/C19H25NO2/c1-19(2)15(17(19)12-6-4-3-5-7-12)11-20-18(21)14-10-13-8-9-16(14)22-13/h3-7,13-17H,8-11H2,1-2H3,(H,20,21). The van der Waals surface area contributed by atoms with Gasteiger partial charge in [0.05, 0.1) is 18.1 Å². The molecule has 1 saturated carbocycles. The van der Waals surface area contributed by atoms with Crippen LogP contribution in [-0.4, -0.2) is 24.7 Å². The van der Waals surface area contributed by atoms with E-state index in [2.05, 4.69) is 49.5 Å². The Labute approximate surface area is 132 Å². The van der Waals surface area contributed by atoms with Gasteiger partial charge in [-0.3, -0.25) is 4.79 Å². The number of nitrogens with one attached hydrogen (secondary N) is 1. The lowest BCUT2D eigenvalue weighted by Crippen LogP contribution is -2.37. The van der Waals surface area contributed by atoms with Crippen LogP contribution >= 0.6 is 0 Å². The van der Waals surface area contributed by atoms with Gasteiger partial charge >= 0.3 is 0 Å². The lowest BCUT2D eigenvalue weighted by atomic mass is 9.88. The molecular weight excluding hydrogens is 274 g/mol. The Balaban J connectivity index is 1.35. The van der Waals surface area contributed by atoms with E-state index >= 15 is 0 Å². The van der Waals surface area contributed by atoms with Crippen LogP contribution in [0.3, 0.4) is 0 Å². The Morgan fingerprint density at radius 1 is 1.27 bits per heavy atom. The summed E-state index contributed by atoms with van der Waals surface area (Å²) in [5.74, 6) is 1.40. The molecule has 3 aliphatic rings. The van der Waals surface area contributed by atoms with Crippen LogP contribution in [0.2, 0.25) is 0 Å². The third-order valence-corrected chi connectivity index (χ3v) is 6.15. The topological polar surface area (TPSA) is 38.3 Å². The summed E-state index contributed by atoms with van der Waals surface area (Å²) >= 11 is 0. The maximum absolute atomic E-state index is 12.4. The second-order valence-corrected chi connectivity index (χ2v) is 7.78. The molecule has 2 aliphatic heterocycles. The van der Waals surface area contributed by atoms with Crippen LogP contribution in [0.4, 0.5) is 0 Å². The summed E-state index contributed by atoms with van der Waals surface area (Å²) < 4.78 is 5.80. The van der Waals surface area contributed by atoms with Crippen molar-refractivity contribution in [1.29, 1.82) is 0 Å². The van der Waals surface area contributed by atoms with E-state index in [4.69, 9.17) is 4.74 Å². The molecule has 1 N–H and O–H groups in total. The second-order valence-electron chi connectivity index (χ2n) is 7.78. The number of rotatable bonds is 4. The smallest absolute Gasteiger partial charge is 0.225 e. The van der Waals surface area contributed by atoms with Crippen LogP contribution in [0.1, 0.15) is 44.6 Å². The van der Waals surface area contributed by atoms with E-state index in [-0.39, 0.29) is 23.3 Å². The number of ether oxygens (including phenoxy) is 1. The van der Waals surface area contributed by atoms with Crippen molar-refractivity contribution in [1.82, 2.24) is 5.32 Å². The van der Waals surface area contributed by atoms with E-state index in [9.17, 15) is 4.79 Å². The molecule has 3 heteroatoms. The normalized spacial score (nSPS) is 38.0. The zero-order chi connectivity index (χ0) is 15.3. The van der Waals surface area contributed by atoms with Gasteiger partial charge in [0, 0.05) is 6.54 Å². The van der Waals surface area contributed by atoms with Crippen molar-refractivity contribution < 1.29 is 9.53 Å². The minimum absolute atomic E-state index is 0.0933. The van der Waals surface area contributed by atoms with Crippen LogP contribution in [0.15, 0.2) is 30.3 Å². The van der Waals surface area contributed by atoms with Crippen LogP contribution in [0, 0.1) is 17.3 Å². The molecule has 0 radical (unpaired) electrons. The van der Waals surface area contributed by atoms with Crippen molar-refractivity contribution in [3.63, 3.8) is 0 Å². The van der Waals surface area contributed by atoms with Crippen molar-refractivity contribution in [2.45, 2.75) is 51.2 Å². The molecule has 5 atom stereocenters. The number of amides is 1. The number of hydrogen-bond donors (Lipinski definition) is 1. The summed E-state index contributed by atoms with van der Waals surface area (Å²) in [7, 11) is 0. The highest BCUT2D eigenvalue weighted by molar-refractivity contribution is 5.79. The fourth-order valence-electron chi connectivity index (χ4n) is 4.70. The van der Waals surface area contributed by atoms with E-state index < -0.39 is 0 Å². The first-order valence-corrected chi connectivity index (χ1v) is 8.55. The Kier molecular flexibility index (Phi) is 3.30. The second kappa shape index (κ2) is 5.09. The predicted octanol–water partition coefficient (Wildman–Crippen LogP) is 3.11. The number of carbonyl (C=O) groups is 1. The number of hydrogen-bond acceptors (Lipinski definition) is 2. The predicted molar refractivity (Wildman–Crippen MR) is 85.5 cm³/mol. The largest absolute Gasteiger partial charge is 0.374 e. The van der Waals surface area contributed by atoms with Crippen molar-refractivity contribution in [2.24, 2.45) is 17.3 Å². The zero-order valence-electron chi connectivity index (χ0n) is 13.4. The Bertz CT molecular complexity index is 568. The minimum atomic E-state index is 0.0933. The maximum Gasteiger partial charge on any atom is 0.225 e. The molecule has 1 aliphatic carbocycles. The molecule has 1 aromatic carbocycles. The molecule has 1 amide bonds. The Morgan fingerprint density at radius 3 is 2.68 bits per heavy atom. The van der Waals surface area contributed by atoms with Crippen LogP contribution in [-0.2, 0) is 9.53 Å². The first kappa shape index (κ1) is 14.3. The fourth-order valence-corrected chi connectivity index (χ4v) is 4.70. The fraction of sp³-hybridized carbons (Fsp3) is 0.632. The van der Waals surface area contributed by atoms with Crippen molar-refractivity contribution in [2.75, 3.05) is 6.54 Å². The van der Waals surface area contributed by atoms with Gasteiger partial charge in [-0.25, -0.2) is 0 Å². The Morgan fingerprint density at radius 2 is 2.05 bits per heavy atom. The lowest BCUT2D eigenvalue weighted by molar-refractivity contribution is -0.126. The highest BCUT2D eigenvalue weighted by Crippen LogP contribution is 2.64. The molecule has 0 spiro atoms. The zero-order valence-corrected chi connectivity index (χ0v) is 13.4. The van der Waals surface area contributed by atoms with Crippen LogP contribution < -0.4 is 5.32 Å². The SMILES string of the molecule is CC1(C)C(CNC(=O)C2CC3CCC2O3)C1c1ccccc1. The van der Waals surface area contributed by atoms with Crippen molar-refractivity contribution >= 4 is 5.91 Å². The van der Waals surface area contributed by atoms with E-state index in [0.717, 1.165) is 25.8 Å². The van der Waals surface area contributed by atoms with Crippen molar-refractivity contribution in [3.8, 4) is 0 Å². The molecule has 5 unspecified atom stereocenters. The van der Waals surface area contributed by atoms with Crippen LogP contribution in [0.5, 0.6) is 0 Å². The highest BCUT2D eigenvalue weighted by atomic mass is 16.5. The third kappa shape index (κ3) is 2.26. The molecule has 2 saturated heterocycles. The first-order valence-electron chi connectivity index (χ1n) is 8.55. The van der Waals surface area contributed by atoms with Gasteiger partial charge in [0.15, 0.2) is 0 Å². The van der Waals surface area contributed by atoms with Gasteiger partial charge in [-0.1, -0.05) is 44.2 Å². The van der Waals surface area contributed by atoms with Gasteiger partial charge in [-0.2, -0.15) is 0 Å². The van der Waals surface area contributed by atoms with Gasteiger partial charge < -0.3 is 10.1 Å². The summed E-state index contributed by atoms with van der Waals surface area (Å²) in [6, 6.07) is 10.7. The summed E-state index contributed by atoms with van der Waals surface area (Å²) in [4.78, 5) is 12.4. The molecular formula is C19H25NO2. The van der Waals surface area contributed by atoms with Crippen LogP contribution in [0.25, 0.3) is 0 Å². The van der Waals surface area contributed by atoms with Gasteiger partial charge in [-0.15, -0.1) is 0 Å². The molecule has 22 heavy (non-hydrogen) atoms.